The summed E-state index contributed by atoms with van der Waals surface area (Å²) >= 11 is 0. The SMILES string of the molecule is CCc1cc(C(=O)OC)nn(-c2cncc(-c3cnnn3C)c2)c1=O. The minimum atomic E-state index is -0.608. The van der Waals surface area contributed by atoms with Gasteiger partial charge < -0.3 is 4.74 Å². The van der Waals surface area contributed by atoms with Crippen LogP contribution >= 0.6 is 0 Å². The Morgan fingerprint density at radius 1 is 1.24 bits per heavy atom. The molecule has 0 aliphatic heterocycles. The molecule has 0 saturated heterocycles. The summed E-state index contributed by atoms with van der Waals surface area (Å²) in [5.74, 6) is -0.608. The van der Waals surface area contributed by atoms with Crippen molar-refractivity contribution in [1.82, 2.24) is 29.8 Å². The first kappa shape index (κ1) is 16.5. The van der Waals surface area contributed by atoms with Crippen LogP contribution in [0.15, 0.2) is 35.5 Å². The third-order valence-electron chi connectivity index (χ3n) is 3.74. The van der Waals surface area contributed by atoms with Gasteiger partial charge in [-0.15, -0.1) is 5.10 Å². The van der Waals surface area contributed by atoms with Crippen LogP contribution in [-0.2, 0) is 18.2 Å². The van der Waals surface area contributed by atoms with Crippen molar-refractivity contribution in [2.24, 2.45) is 7.05 Å². The molecule has 25 heavy (non-hydrogen) atoms. The molecule has 0 saturated carbocycles. The minimum Gasteiger partial charge on any atom is -0.464 e. The van der Waals surface area contributed by atoms with Gasteiger partial charge in [0.2, 0.25) is 0 Å². The second-order valence-electron chi connectivity index (χ2n) is 5.29. The van der Waals surface area contributed by atoms with Crippen molar-refractivity contribution in [2.45, 2.75) is 13.3 Å². The first-order valence-electron chi connectivity index (χ1n) is 7.57. The molecule has 0 amide bonds. The van der Waals surface area contributed by atoms with E-state index in [2.05, 4.69) is 20.4 Å². The summed E-state index contributed by atoms with van der Waals surface area (Å²) in [6.07, 6.45) is 5.20. The van der Waals surface area contributed by atoms with E-state index in [9.17, 15) is 9.59 Å². The predicted octanol–water partition coefficient (Wildman–Crippen LogP) is 0.772. The third-order valence-corrected chi connectivity index (χ3v) is 3.74. The van der Waals surface area contributed by atoms with Crippen molar-refractivity contribution in [3.8, 4) is 16.9 Å². The van der Waals surface area contributed by atoms with Crippen molar-refractivity contribution in [1.29, 1.82) is 0 Å². The summed E-state index contributed by atoms with van der Waals surface area (Å²) in [7, 11) is 3.02. The molecule has 0 aliphatic rings. The number of methoxy groups -OCH3 is 1. The van der Waals surface area contributed by atoms with E-state index >= 15 is 0 Å². The maximum Gasteiger partial charge on any atom is 0.358 e. The zero-order valence-electron chi connectivity index (χ0n) is 14.0. The zero-order valence-corrected chi connectivity index (χ0v) is 14.0. The number of nitrogens with zero attached hydrogens (tertiary/aromatic N) is 6. The maximum absolute atomic E-state index is 12.6. The molecule has 0 radical (unpaired) electrons. The van der Waals surface area contributed by atoms with Gasteiger partial charge in [-0.05, 0) is 18.6 Å². The van der Waals surface area contributed by atoms with E-state index in [4.69, 9.17) is 4.74 Å². The van der Waals surface area contributed by atoms with Gasteiger partial charge in [0.1, 0.15) is 0 Å². The van der Waals surface area contributed by atoms with Crippen LogP contribution in [0.2, 0.25) is 0 Å². The molecule has 9 heteroatoms. The Kier molecular flexibility index (Phi) is 4.38. The molecule has 3 rings (SSSR count). The van der Waals surface area contributed by atoms with Crippen molar-refractivity contribution >= 4 is 5.97 Å². The van der Waals surface area contributed by atoms with Gasteiger partial charge in [0, 0.05) is 24.4 Å². The van der Waals surface area contributed by atoms with E-state index in [1.165, 1.54) is 19.4 Å². The van der Waals surface area contributed by atoms with Crippen LogP contribution in [0.3, 0.4) is 0 Å². The highest BCUT2D eigenvalue weighted by Gasteiger charge is 2.15. The first-order chi connectivity index (χ1) is 12.0. The average molecular weight is 340 g/mol. The molecule has 0 aromatic carbocycles. The van der Waals surface area contributed by atoms with Crippen LogP contribution < -0.4 is 5.56 Å². The lowest BCUT2D eigenvalue weighted by Crippen LogP contribution is -2.27. The molecule has 3 aromatic heterocycles. The Morgan fingerprint density at radius 2 is 2.04 bits per heavy atom. The number of ether oxygens (including phenoxy) is 1. The quantitative estimate of drug-likeness (QED) is 0.646. The fraction of sp³-hybridized carbons (Fsp3) is 0.250. The van der Waals surface area contributed by atoms with Gasteiger partial charge in [-0.3, -0.25) is 9.78 Å². The van der Waals surface area contributed by atoms with Gasteiger partial charge >= 0.3 is 5.97 Å². The molecule has 0 unspecified atom stereocenters. The highest BCUT2D eigenvalue weighted by Crippen LogP contribution is 2.18. The predicted molar refractivity (Wildman–Crippen MR) is 88.3 cm³/mol. The zero-order chi connectivity index (χ0) is 18.0. The number of carbonyl (C=O) groups excluding carboxylic acids is 1. The molecule has 3 heterocycles. The Morgan fingerprint density at radius 3 is 2.68 bits per heavy atom. The number of esters is 1. The number of aromatic nitrogens is 6. The van der Waals surface area contributed by atoms with Crippen LogP contribution in [-0.4, -0.2) is 42.8 Å². The van der Waals surface area contributed by atoms with Crippen molar-refractivity contribution in [3.05, 3.63) is 52.3 Å². The largest absolute Gasteiger partial charge is 0.464 e. The molecule has 3 aromatic rings. The Balaban J connectivity index is 2.18. The van der Waals surface area contributed by atoms with E-state index in [1.54, 1.807) is 30.2 Å². The standard InChI is InChI=1S/C16H16N6O3/c1-4-10-6-13(16(24)25-3)19-22(15(10)23)12-5-11(7-17-8-12)14-9-18-20-21(14)2/h5-9H,4H2,1-3H3. The Bertz CT molecular complexity index is 992. The summed E-state index contributed by atoms with van der Waals surface area (Å²) < 4.78 is 7.47. The van der Waals surface area contributed by atoms with Crippen molar-refractivity contribution in [2.75, 3.05) is 7.11 Å². The Labute approximate surface area is 142 Å². The highest BCUT2D eigenvalue weighted by molar-refractivity contribution is 5.87. The molecule has 0 fully saturated rings. The normalized spacial score (nSPS) is 10.7. The van der Waals surface area contributed by atoms with Crippen molar-refractivity contribution < 1.29 is 9.53 Å². The van der Waals surface area contributed by atoms with Crippen LogP contribution in [0.1, 0.15) is 23.0 Å². The molecular weight excluding hydrogens is 324 g/mol. The van der Waals surface area contributed by atoms with E-state index in [-0.39, 0.29) is 11.3 Å². The molecule has 0 aliphatic carbocycles. The second kappa shape index (κ2) is 6.63. The summed E-state index contributed by atoms with van der Waals surface area (Å²) in [6, 6.07) is 3.19. The van der Waals surface area contributed by atoms with Gasteiger partial charge in [-0.2, -0.15) is 9.78 Å². The number of pyridine rings is 1. The van der Waals surface area contributed by atoms with Crippen LogP contribution in [0.25, 0.3) is 16.9 Å². The second-order valence-corrected chi connectivity index (χ2v) is 5.29. The summed E-state index contributed by atoms with van der Waals surface area (Å²) in [4.78, 5) is 28.6. The molecular formula is C16H16N6O3. The smallest absolute Gasteiger partial charge is 0.358 e. The summed E-state index contributed by atoms with van der Waals surface area (Å²) in [5.41, 5.74) is 2.11. The summed E-state index contributed by atoms with van der Waals surface area (Å²) in [6.45, 7) is 1.83. The van der Waals surface area contributed by atoms with Gasteiger partial charge in [0.15, 0.2) is 5.69 Å². The number of aryl methyl sites for hydroxylation is 2. The number of hydrogen-bond acceptors (Lipinski definition) is 7. The molecule has 0 spiro atoms. The van der Waals surface area contributed by atoms with Gasteiger partial charge in [-0.25, -0.2) is 9.48 Å². The van der Waals surface area contributed by atoms with Crippen LogP contribution in [0.4, 0.5) is 0 Å². The monoisotopic (exact) mass is 340 g/mol. The molecule has 0 N–H and O–H groups in total. The lowest BCUT2D eigenvalue weighted by molar-refractivity contribution is 0.0591. The van der Waals surface area contributed by atoms with E-state index in [1.807, 2.05) is 6.92 Å². The summed E-state index contributed by atoms with van der Waals surface area (Å²) in [5, 5.41) is 11.8. The molecule has 128 valence electrons. The molecule has 0 bridgehead atoms. The van der Waals surface area contributed by atoms with E-state index in [0.717, 1.165) is 15.9 Å². The number of carbonyl (C=O) groups is 1. The van der Waals surface area contributed by atoms with E-state index < -0.39 is 5.97 Å². The molecule has 9 nitrogen and oxygen atoms in total. The average Bonchev–Trinajstić information content (AvgIpc) is 3.07. The van der Waals surface area contributed by atoms with Gasteiger partial charge in [0.25, 0.3) is 5.56 Å². The lowest BCUT2D eigenvalue weighted by Gasteiger charge is -2.10. The fourth-order valence-corrected chi connectivity index (χ4v) is 2.41. The minimum absolute atomic E-state index is 0.0616. The highest BCUT2D eigenvalue weighted by atomic mass is 16.5. The topological polar surface area (TPSA) is 105 Å². The Hall–Kier alpha value is -3.36. The van der Waals surface area contributed by atoms with Gasteiger partial charge in [-0.1, -0.05) is 12.1 Å². The number of rotatable bonds is 4. The fourth-order valence-electron chi connectivity index (χ4n) is 2.41. The van der Waals surface area contributed by atoms with Gasteiger partial charge in [0.05, 0.1) is 30.9 Å². The molecule has 0 atom stereocenters. The van der Waals surface area contributed by atoms with E-state index in [0.29, 0.717) is 17.7 Å². The number of hydrogen-bond donors (Lipinski definition) is 0. The first-order valence-corrected chi connectivity index (χ1v) is 7.57. The van der Waals surface area contributed by atoms with Crippen LogP contribution in [0.5, 0.6) is 0 Å². The third kappa shape index (κ3) is 3.03. The maximum atomic E-state index is 12.6. The van der Waals surface area contributed by atoms with Crippen molar-refractivity contribution in [3.63, 3.8) is 0 Å². The van der Waals surface area contributed by atoms with Crippen LogP contribution in [0, 0.1) is 0 Å². The lowest BCUT2D eigenvalue weighted by atomic mass is 10.2.